The van der Waals surface area contributed by atoms with Crippen LogP contribution in [0.15, 0.2) is 30.3 Å². The first-order chi connectivity index (χ1) is 11.5. The average Bonchev–Trinajstić information content (AvgIpc) is 3.41. The van der Waals surface area contributed by atoms with E-state index < -0.39 is 12.0 Å². The maximum atomic E-state index is 12.4. The predicted molar refractivity (Wildman–Crippen MR) is 89.1 cm³/mol. The Morgan fingerprint density at radius 2 is 1.92 bits per heavy atom. The highest BCUT2D eigenvalue weighted by molar-refractivity contribution is 5.83. The Kier molecular flexibility index (Phi) is 6.35. The van der Waals surface area contributed by atoms with Gasteiger partial charge in [0.15, 0.2) is 0 Å². The number of hydrogen-bond acceptors (Lipinski definition) is 3. The van der Waals surface area contributed by atoms with Gasteiger partial charge in [-0.05, 0) is 31.7 Å². The SMILES string of the molecule is CC(C(=O)O)N(Cc1ccccc1)C(=O)CCCNC(=O)C1CC1. The van der Waals surface area contributed by atoms with Crippen LogP contribution < -0.4 is 5.32 Å². The van der Waals surface area contributed by atoms with Crippen molar-refractivity contribution in [3.8, 4) is 0 Å². The van der Waals surface area contributed by atoms with Gasteiger partial charge in [0.2, 0.25) is 11.8 Å². The molecule has 0 saturated heterocycles. The lowest BCUT2D eigenvalue weighted by atomic mass is 10.1. The molecule has 1 aromatic rings. The second-order valence-electron chi connectivity index (χ2n) is 6.19. The van der Waals surface area contributed by atoms with Gasteiger partial charge >= 0.3 is 5.97 Å². The monoisotopic (exact) mass is 332 g/mol. The maximum Gasteiger partial charge on any atom is 0.326 e. The largest absolute Gasteiger partial charge is 0.480 e. The molecule has 1 atom stereocenters. The molecular weight excluding hydrogens is 308 g/mol. The summed E-state index contributed by atoms with van der Waals surface area (Å²) in [7, 11) is 0. The van der Waals surface area contributed by atoms with E-state index in [0.717, 1.165) is 18.4 Å². The van der Waals surface area contributed by atoms with Gasteiger partial charge in [0, 0.05) is 25.4 Å². The van der Waals surface area contributed by atoms with Gasteiger partial charge in [-0.25, -0.2) is 4.79 Å². The number of nitrogens with one attached hydrogen (secondary N) is 1. The summed E-state index contributed by atoms with van der Waals surface area (Å²) in [5, 5.41) is 12.1. The Morgan fingerprint density at radius 1 is 1.25 bits per heavy atom. The molecule has 1 aliphatic rings. The lowest BCUT2D eigenvalue weighted by Gasteiger charge is -2.27. The van der Waals surface area contributed by atoms with Crippen molar-refractivity contribution < 1.29 is 19.5 Å². The minimum Gasteiger partial charge on any atom is -0.480 e. The number of carbonyl (C=O) groups is 3. The molecule has 0 radical (unpaired) electrons. The van der Waals surface area contributed by atoms with E-state index in [1.807, 2.05) is 30.3 Å². The molecule has 2 N–H and O–H groups in total. The number of amides is 2. The molecule has 0 aromatic heterocycles. The Bertz CT molecular complexity index is 584. The summed E-state index contributed by atoms with van der Waals surface area (Å²) >= 11 is 0. The molecule has 1 aliphatic carbocycles. The third kappa shape index (κ3) is 5.37. The number of hydrogen-bond donors (Lipinski definition) is 2. The van der Waals surface area contributed by atoms with Gasteiger partial charge < -0.3 is 15.3 Å². The van der Waals surface area contributed by atoms with E-state index in [4.69, 9.17) is 0 Å². The normalized spacial score (nSPS) is 14.7. The molecule has 2 amide bonds. The molecule has 2 rings (SSSR count). The number of rotatable bonds is 9. The van der Waals surface area contributed by atoms with Gasteiger partial charge in [-0.15, -0.1) is 0 Å². The highest BCUT2D eigenvalue weighted by atomic mass is 16.4. The van der Waals surface area contributed by atoms with Crippen LogP contribution in [0.3, 0.4) is 0 Å². The molecule has 0 spiro atoms. The Balaban J connectivity index is 1.86. The predicted octanol–water partition coefficient (Wildman–Crippen LogP) is 1.79. The molecule has 0 aliphatic heterocycles. The summed E-state index contributed by atoms with van der Waals surface area (Å²) in [5.74, 6) is -1.03. The third-order valence-corrected chi connectivity index (χ3v) is 4.16. The number of nitrogens with zero attached hydrogens (tertiary/aromatic N) is 1. The lowest BCUT2D eigenvalue weighted by molar-refractivity contribution is -0.150. The molecule has 6 heteroatoms. The van der Waals surface area contributed by atoms with E-state index in [9.17, 15) is 19.5 Å². The number of carboxylic acid groups (broad SMARTS) is 1. The molecule has 1 aromatic carbocycles. The van der Waals surface area contributed by atoms with E-state index in [1.54, 1.807) is 0 Å². The van der Waals surface area contributed by atoms with E-state index in [2.05, 4.69) is 5.32 Å². The van der Waals surface area contributed by atoms with Crippen LogP contribution in [0, 0.1) is 5.92 Å². The zero-order valence-electron chi connectivity index (χ0n) is 13.9. The third-order valence-electron chi connectivity index (χ3n) is 4.16. The molecule has 0 heterocycles. The highest BCUT2D eigenvalue weighted by Gasteiger charge is 2.29. The second-order valence-corrected chi connectivity index (χ2v) is 6.19. The molecule has 1 unspecified atom stereocenters. The summed E-state index contributed by atoms with van der Waals surface area (Å²) < 4.78 is 0. The van der Waals surface area contributed by atoms with E-state index in [-0.39, 0.29) is 30.7 Å². The van der Waals surface area contributed by atoms with Crippen LogP contribution in [0.2, 0.25) is 0 Å². The fourth-order valence-electron chi connectivity index (χ4n) is 2.44. The Labute approximate surface area is 141 Å². The summed E-state index contributed by atoms with van der Waals surface area (Å²) in [6, 6.07) is 8.43. The quantitative estimate of drug-likeness (QED) is 0.675. The first-order valence-electron chi connectivity index (χ1n) is 8.33. The summed E-state index contributed by atoms with van der Waals surface area (Å²) in [4.78, 5) is 36.6. The van der Waals surface area contributed by atoms with Crippen molar-refractivity contribution in [2.75, 3.05) is 6.54 Å². The summed E-state index contributed by atoms with van der Waals surface area (Å²) in [6.07, 6.45) is 2.63. The van der Waals surface area contributed by atoms with Gasteiger partial charge in [0.25, 0.3) is 0 Å². The van der Waals surface area contributed by atoms with Crippen molar-refractivity contribution in [2.45, 2.75) is 45.2 Å². The first-order valence-corrected chi connectivity index (χ1v) is 8.33. The highest BCUT2D eigenvalue weighted by Crippen LogP contribution is 2.28. The molecular formula is C18H24N2O4. The Morgan fingerprint density at radius 3 is 2.50 bits per heavy atom. The van der Waals surface area contributed by atoms with E-state index in [0.29, 0.717) is 13.0 Å². The summed E-state index contributed by atoms with van der Waals surface area (Å²) in [5.41, 5.74) is 0.890. The number of carboxylic acids is 1. The van der Waals surface area contributed by atoms with E-state index >= 15 is 0 Å². The molecule has 130 valence electrons. The van der Waals surface area contributed by atoms with Crippen molar-refractivity contribution >= 4 is 17.8 Å². The zero-order valence-corrected chi connectivity index (χ0v) is 13.9. The maximum absolute atomic E-state index is 12.4. The number of benzene rings is 1. The lowest BCUT2D eigenvalue weighted by Crippen LogP contribution is -2.42. The zero-order chi connectivity index (χ0) is 17.5. The van der Waals surface area contributed by atoms with E-state index in [1.165, 1.54) is 11.8 Å². The Hall–Kier alpha value is -2.37. The van der Waals surface area contributed by atoms with Gasteiger partial charge in [0.1, 0.15) is 6.04 Å². The smallest absolute Gasteiger partial charge is 0.326 e. The van der Waals surface area contributed by atoms with Crippen LogP contribution in [0.25, 0.3) is 0 Å². The van der Waals surface area contributed by atoms with Crippen LogP contribution in [0.4, 0.5) is 0 Å². The molecule has 1 saturated carbocycles. The van der Waals surface area contributed by atoms with Gasteiger partial charge in [0.05, 0.1) is 0 Å². The number of carbonyl (C=O) groups excluding carboxylic acids is 2. The minimum atomic E-state index is -1.03. The standard InChI is InChI=1S/C18H24N2O4/c1-13(18(23)24)20(12-14-6-3-2-4-7-14)16(21)8-5-11-19-17(22)15-9-10-15/h2-4,6-7,13,15H,5,8-12H2,1H3,(H,19,22)(H,23,24). The fraction of sp³-hybridized carbons (Fsp3) is 0.500. The van der Waals surface area contributed by atoms with Crippen LogP contribution >= 0.6 is 0 Å². The van der Waals surface area contributed by atoms with Gasteiger partial charge in [-0.1, -0.05) is 30.3 Å². The molecule has 6 nitrogen and oxygen atoms in total. The van der Waals surface area contributed by atoms with Crippen molar-refractivity contribution in [3.63, 3.8) is 0 Å². The molecule has 1 fully saturated rings. The van der Waals surface area contributed by atoms with Crippen molar-refractivity contribution in [2.24, 2.45) is 5.92 Å². The van der Waals surface area contributed by atoms with Crippen LogP contribution in [0.5, 0.6) is 0 Å². The van der Waals surface area contributed by atoms with Crippen molar-refractivity contribution in [1.29, 1.82) is 0 Å². The van der Waals surface area contributed by atoms with Gasteiger partial charge in [-0.3, -0.25) is 9.59 Å². The number of aliphatic carboxylic acids is 1. The topological polar surface area (TPSA) is 86.7 Å². The van der Waals surface area contributed by atoms with Crippen LogP contribution in [-0.4, -0.2) is 40.4 Å². The second kappa shape index (κ2) is 8.47. The molecule has 0 bridgehead atoms. The van der Waals surface area contributed by atoms with Crippen LogP contribution in [-0.2, 0) is 20.9 Å². The minimum absolute atomic E-state index is 0.0579. The van der Waals surface area contributed by atoms with Crippen molar-refractivity contribution in [1.82, 2.24) is 10.2 Å². The fourth-order valence-corrected chi connectivity index (χ4v) is 2.44. The van der Waals surface area contributed by atoms with Crippen LogP contribution in [0.1, 0.15) is 38.2 Å². The first kappa shape index (κ1) is 18.0. The van der Waals surface area contributed by atoms with Gasteiger partial charge in [-0.2, -0.15) is 0 Å². The average molecular weight is 332 g/mol. The van der Waals surface area contributed by atoms with Crippen molar-refractivity contribution in [3.05, 3.63) is 35.9 Å². The summed E-state index contributed by atoms with van der Waals surface area (Å²) in [6.45, 7) is 2.22. The molecule has 24 heavy (non-hydrogen) atoms.